The van der Waals surface area contributed by atoms with Crippen LogP contribution in [0, 0.1) is 0 Å². The van der Waals surface area contributed by atoms with Crippen LogP contribution in [0.2, 0.25) is 0 Å². The maximum Gasteiger partial charge on any atom is 0.0493 e. The quantitative estimate of drug-likeness (QED) is 0.0857. The molecule has 2 heterocycles. The van der Waals surface area contributed by atoms with Crippen LogP contribution in [0.1, 0.15) is 115 Å². The van der Waals surface area contributed by atoms with E-state index < -0.39 is 0 Å². The minimum Gasteiger partial charge on any atom is -0.311 e. The zero-order valence-electron chi connectivity index (χ0n) is 28.0. The highest BCUT2D eigenvalue weighted by molar-refractivity contribution is 7.23. The topological polar surface area (TPSA) is 3.24 Å². The summed E-state index contributed by atoms with van der Waals surface area (Å²) >= 11 is 4.00. The highest BCUT2D eigenvalue weighted by atomic mass is 32.1. The molecule has 0 aliphatic heterocycles. The number of thiophene rings is 2. The van der Waals surface area contributed by atoms with Crippen molar-refractivity contribution in [2.45, 2.75) is 109 Å². The largest absolute Gasteiger partial charge is 0.311 e. The van der Waals surface area contributed by atoms with Crippen molar-refractivity contribution in [3.05, 3.63) is 114 Å². The molecule has 5 aromatic rings. The van der Waals surface area contributed by atoms with Crippen LogP contribution in [0.15, 0.2) is 102 Å². The summed E-state index contributed by atoms with van der Waals surface area (Å²) in [4.78, 5) is 6.87. The maximum absolute atomic E-state index is 2.60. The Hall–Kier alpha value is -3.14. The van der Waals surface area contributed by atoms with E-state index in [4.69, 9.17) is 0 Å². The zero-order valence-corrected chi connectivity index (χ0v) is 29.6. The van der Waals surface area contributed by atoms with Crippen LogP contribution in [0.4, 0.5) is 17.1 Å². The van der Waals surface area contributed by atoms with Gasteiger partial charge in [0.25, 0.3) is 0 Å². The van der Waals surface area contributed by atoms with E-state index in [0.717, 1.165) is 0 Å². The number of anilines is 3. The maximum atomic E-state index is 2.60. The fourth-order valence-corrected chi connectivity index (χ4v) is 9.95. The van der Waals surface area contributed by atoms with Crippen LogP contribution in [0.5, 0.6) is 0 Å². The van der Waals surface area contributed by atoms with E-state index in [-0.39, 0.29) is 5.41 Å². The van der Waals surface area contributed by atoms with Crippen LogP contribution in [0.3, 0.4) is 0 Å². The Morgan fingerprint density at radius 3 is 1.61 bits per heavy atom. The molecule has 0 amide bonds. The summed E-state index contributed by atoms with van der Waals surface area (Å²) in [6.07, 6.45) is 18.9. The highest BCUT2D eigenvalue weighted by Gasteiger charge is 2.44. The summed E-state index contributed by atoms with van der Waals surface area (Å²) in [6, 6.07) is 35.8. The van der Waals surface area contributed by atoms with Gasteiger partial charge in [0.1, 0.15) is 0 Å². The molecule has 0 radical (unpaired) electrons. The summed E-state index contributed by atoms with van der Waals surface area (Å²) in [5, 5.41) is 2.36. The van der Waals surface area contributed by atoms with Gasteiger partial charge in [0.05, 0.1) is 0 Å². The lowest BCUT2D eigenvalue weighted by Gasteiger charge is -2.31. The van der Waals surface area contributed by atoms with Gasteiger partial charge in [0, 0.05) is 37.1 Å². The minimum atomic E-state index is 0.187. The fraction of sp³-hybridized carbons (Fsp3) is 0.395. The van der Waals surface area contributed by atoms with Crippen molar-refractivity contribution < 1.29 is 0 Å². The average molecular weight is 646 g/mol. The molecule has 3 aromatic carbocycles. The number of nitrogens with zero attached hydrogens (tertiary/aromatic N) is 1. The molecule has 1 aliphatic carbocycles. The standard InChI is InChI=1S/C43H51NS2/c1-3-5-7-9-11-19-30-43(31-20-12-10-8-6-4-2)38-29-32-45-41(38)42-39(43)33-40(46-42)34-25-27-37(28-26-34)44(35-21-15-13-16-22-35)36-23-17-14-18-24-36/h13-18,21-29,32-33H,3-12,19-20,30-31H2,1-2H3. The Kier molecular flexibility index (Phi) is 11.5. The van der Waals surface area contributed by atoms with Gasteiger partial charge in [-0.15, -0.1) is 22.7 Å². The van der Waals surface area contributed by atoms with Gasteiger partial charge in [-0.3, -0.25) is 0 Å². The molecule has 1 aliphatic rings. The van der Waals surface area contributed by atoms with Crippen molar-refractivity contribution in [2.75, 3.05) is 4.90 Å². The van der Waals surface area contributed by atoms with Crippen molar-refractivity contribution in [3.63, 3.8) is 0 Å². The van der Waals surface area contributed by atoms with Crippen LogP contribution < -0.4 is 4.90 Å². The van der Waals surface area contributed by atoms with Crippen LogP contribution in [0.25, 0.3) is 20.2 Å². The lowest BCUT2D eigenvalue weighted by atomic mass is 9.71. The molecule has 3 heteroatoms. The number of hydrogen-bond donors (Lipinski definition) is 0. The van der Waals surface area contributed by atoms with E-state index in [1.54, 1.807) is 20.9 Å². The van der Waals surface area contributed by atoms with E-state index in [9.17, 15) is 0 Å². The Labute approximate surface area is 286 Å². The van der Waals surface area contributed by atoms with E-state index in [1.165, 1.54) is 117 Å². The SMILES string of the molecule is CCCCCCCCC1(CCCCCCCC)c2ccsc2-c2sc(-c3ccc(N(c4ccccc4)c4ccccc4)cc3)cc21. The molecular formula is C43H51NS2. The van der Waals surface area contributed by atoms with Gasteiger partial charge in [-0.05, 0) is 83.4 Å². The number of fused-ring (bicyclic) bond motifs is 3. The lowest BCUT2D eigenvalue weighted by molar-refractivity contribution is 0.399. The second-order valence-electron chi connectivity index (χ2n) is 13.2. The van der Waals surface area contributed by atoms with Crippen LogP contribution in [-0.4, -0.2) is 0 Å². The first-order valence-electron chi connectivity index (χ1n) is 18.0. The molecule has 0 bridgehead atoms. The van der Waals surface area contributed by atoms with Gasteiger partial charge < -0.3 is 4.90 Å². The van der Waals surface area contributed by atoms with Crippen LogP contribution in [-0.2, 0) is 5.41 Å². The van der Waals surface area contributed by atoms with E-state index in [1.807, 2.05) is 22.7 Å². The van der Waals surface area contributed by atoms with Crippen molar-refractivity contribution in [1.29, 1.82) is 0 Å². The van der Waals surface area contributed by atoms with Gasteiger partial charge in [-0.2, -0.15) is 0 Å². The summed E-state index contributed by atoms with van der Waals surface area (Å²) in [7, 11) is 0. The third-order valence-corrected chi connectivity index (χ3v) is 12.3. The molecule has 46 heavy (non-hydrogen) atoms. The zero-order chi connectivity index (χ0) is 31.6. The molecular weight excluding hydrogens is 595 g/mol. The van der Waals surface area contributed by atoms with E-state index in [0.29, 0.717) is 0 Å². The van der Waals surface area contributed by atoms with Crippen molar-refractivity contribution >= 4 is 39.7 Å². The Balaban J connectivity index is 1.28. The first-order chi connectivity index (χ1) is 22.7. The molecule has 0 fully saturated rings. The Morgan fingerprint density at radius 2 is 1.04 bits per heavy atom. The highest BCUT2D eigenvalue weighted by Crippen LogP contribution is 2.60. The molecule has 1 nitrogen and oxygen atoms in total. The number of para-hydroxylation sites is 2. The van der Waals surface area contributed by atoms with Crippen molar-refractivity contribution in [1.82, 2.24) is 0 Å². The predicted octanol–water partition coefficient (Wildman–Crippen LogP) is 14.7. The third kappa shape index (κ3) is 7.21. The monoisotopic (exact) mass is 645 g/mol. The molecule has 0 saturated heterocycles. The van der Waals surface area contributed by atoms with Gasteiger partial charge >= 0.3 is 0 Å². The first kappa shape index (κ1) is 32.8. The predicted molar refractivity (Wildman–Crippen MR) is 205 cm³/mol. The van der Waals surface area contributed by atoms with E-state index >= 15 is 0 Å². The summed E-state index contributed by atoms with van der Waals surface area (Å²) in [6.45, 7) is 4.63. The average Bonchev–Trinajstić information content (AvgIpc) is 3.81. The van der Waals surface area contributed by atoms with Crippen molar-refractivity contribution in [3.8, 4) is 20.2 Å². The third-order valence-electron chi connectivity index (χ3n) is 9.99. The second kappa shape index (κ2) is 16.1. The van der Waals surface area contributed by atoms with Gasteiger partial charge in [-0.25, -0.2) is 0 Å². The van der Waals surface area contributed by atoms with Gasteiger partial charge in [0.15, 0.2) is 0 Å². The normalized spacial score (nSPS) is 13.1. The van der Waals surface area contributed by atoms with Crippen LogP contribution >= 0.6 is 22.7 Å². The second-order valence-corrected chi connectivity index (χ2v) is 15.2. The Bertz CT molecular complexity index is 1560. The molecule has 6 rings (SSSR count). The number of unbranched alkanes of at least 4 members (excludes halogenated alkanes) is 10. The lowest BCUT2D eigenvalue weighted by Crippen LogP contribution is -2.24. The molecule has 0 atom stereocenters. The first-order valence-corrected chi connectivity index (χ1v) is 19.7. The molecule has 240 valence electrons. The molecule has 0 N–H and O–H groups in total. The smallest absolute Gasteiger partial charge is 0.0493 e. The summed E-state index contributed by atoms with van der Waals surface area (Å²) in [5.41, 5.74) is 8.33. The molecule has 0 spiro atoms. The molecule has 2 aromatic heterocycles. The van der Waals surface area contributed by atoms with Gasteiger partial charge in [-0.1, -0.05) is 139 Å². The molecule has 0 unspecified atom stereocenters. The summed E-state index contributed by atoms with van der Waals surface area (Å²) in [5.74, 6) is 0. The minimum absolute atomic E-state index is 0.187. The van der Waals surface area contributed by atoms with Gasteiger partial charge in [0.2, 0.25) is 0 Å². The van der Waals surface area contributed by atoms with Crippen molar-refractivity contribution in [2.24, 2.45) is 0 Å². The molecule has 0 saturated carbocycles. The number of hydrogen-bond acceptors (Lipinski definition) is 3. The van der Waals surface area contributed by atoms with E-state index in [2.05, 4.69) is 121 Å². The number of rotatable bonds is 18. The fourth-order valence-electron chi connectivity index (χ4n) is 7.52. The number of benzene rings is 3. The summed E-state index contributed by atoms with van der Waals surface area (Å²) < 4.78 is 0. The Morgan fingerprint density at radius 1 is 0.522 bits per heavy atom.